The number of imidazole rings is 1. The van der Waals surface area contributed by atoms with E-state index in [0.717, 1.165) is 18.7 Å². The summed E-state index contributed by atoms with van der Waals surface area (Å²) in [5, 5.41) is 6.98. The van der Waals surface area contributed by atoms with Crippen molar-refractivity contribution < 1.29 is 4.39 Å². The summed E-state index contributed by atoms with van der Waals surface area (Å²) in [4.78, 5) is 8.22. The molecule has 25 heavy (non-hydrogen) atoms. The van der Waals surface area contributed by atoms with Crippen molar-refractivity contribution in [3.8, 4) is 0 Å². The fourth-order valence-corrected chi connectivity index (χ4v) is 2.80. The maximum Gasteiger partial charge on any atom is 0.191 e. The molecule has 0 unspecified atom stereocenters. The predicted molar refractivity (Wildman–Crippen MR) is 111 cm³/mol. The fraction of sp³-hybridized carbons (Fsp3) is 0.412. The molecule has 0 atom stereocenters. The molecule has 2 N–H and O–H groups in total. The molecule has 2 aromatic rings. The first-order valence-corrected chi connectivity index (χ1v) is 8.16. The van der Waals surface area contributed by atoms with Crippen LogP contribution in [0.1, 0.15) is 19.4 Å². The van der Waals surface area contributed by atoms with Gasteiger partial charge in [0.25, 0.3) is 0 Å². The molecule has 138 valence electrons. The van der Waals surface area contributed by atoms with E-state index < -0.39 is 0 Å². The first kappa shape index (κ1) is 21.7. The van der Waals surface area contributed by atoms with E-state index in [-0.39, 0.29) is 35.2 Å². The second-order valence-corrected chi connectivity index (χ2v) is 6.57. The Bertz CT molecular complexity index is 688. The molecule has 0 fully saturated rings. The topological polar surface area (TPSA) is 54.2 Å². The lowest BCUT2D eigenvalue weighted by Gasteiger charge is -2.27. The number of aromatic nitrogens is 2. The summed E-state index contributed by atoms with van der Waals surface area (Å²) in [5.74, 6) is 0.380. The van der Waals surface area contributed by atoms with Crippen LogP contribution in [0, 0.1) is 5.82 Å². The van der Waals surface area contributed by atoms with Crippen molar-refractivity contribution >= 4 is 41.5 Å². The average Bonchev–Trinajstić information content (AvgIpc) is 3.03. The lowest BCUT2D eigenvalue weighted by Crippen LogP contribution is -2.44. The summed E-state index contributed by atoms with van der Waals surface area (Å²) in [5.41, 5.74) is 0.624. The lowest BCUT2D eigenvalue weighted by atomic mass is 9.84. The third-order valence-electron chi connectivity index (χ3n) is 3.80. The molecular formula is C17H24ClFIN5. The number of guanidine groups is 1. The van der Waals surface area contributed by atoms with Gasteiger partial charge in [-0.25, -0.2) is 9.37 Å². The van der Waals surface area contributed by atoms with E-state index in [2.05, 4.69) is 34.5 Å². The highest BCUT2D eigenvalue weighted by molar-refractivity contribution is 14.0. The zero-order chi connectivity index (χ0) is 17.6. The zero-order valence-corrected chi connectivity index (χ0v) is 17.7. The first-order chi connectivity index (χ1) is 11.4. The summed E-state index contributed by atoms with van der Waals surface area (Å²) in [6.07, 6.45) is 5.44. The Morgan fingerprint density at radius 2 is 2.12 bits per heavy atom. The Hall–Kier alpha value is -1.35. The Morgan fingerprint density at radius 1 is 1.36 bits per heavy atom. The van der Waals surface area contributed by atoms with Gasteiger partial charge >= 0.3 is 0 Å². The predicted octanol–water partition coefficient (Wildman–Crippen LogP) is 3.44. The zero-order valence-electron chi connectivity index (χ0n) is 14.6. The van der Waals surface area contributed by atoms with E-state index in [9.17, 15) is 4.39 Å². The van der Waals surface area contributed by atoms with Crippen LogP contribution in [-0.2, 0) is 12.0 Å². The highest BCUT2D eigenvalue weighted by Gasteiger charge is 2.24. The van der Waals surface area contributed by atoms with E-state index in [1.807, 2.05) is 10.8 Å². The van der Waals surface area contributed by atoms with Gasteiger partial charge in [-0.15, -0.1) is 24.0 Å². The van der Waals surface area contributed by atoms with E-state index in [1.165, 1.54) is 12.1 Å². The number of nitrogens with one attached hydrogen (secondary N) is 2. The molecule has 0 amide bonds. The van der Waals surface area contributed by atoms with Gasteiger partial charge in [-0.1, -0.05) is 31.5 Å². The van der Waals surface area contributed by atoms with Gasteiger partial charge in [-0.3, -0.25) is 4.99 Å². The molecule has 0 bridgehead atoms. The quantitative estimate of drug-likeness (QED) is 0.379. The Kier molecular flexibility index (Phi) is 8.64. The van der Waals surface area contributed by atoms with Crippen molar-refractivity contribution in [3.05, 3.63) is 53.3 Å². The first-order valence-electron chi connectivity index (χ1n) is 7.78. The van der Waals surface area contributed by atoms with Crippen molar-refractivity contribution in [1.82, 2.24) is 20.2 Å². The summed E-state index contributed by atoms with van der Waals surface area (Å²) in [7, 11) is 1.73. The number of rotatable bonds is 6. The van der Waals surface area contributed by atoms with E-state index in [0.29, 0.717) is 17.5 Å². The molecule has 1 heterocycles. The molecule has 1 aromatic heterocycles. The molecule has 0 aliphatic heterocycles. The highest BCUT2D eigenvalue weighted by atomic mass is 127. The van der Waals surface area contributed by atoms with Crippen LogP contribution in [0.4, 0.5) is 4.39 Å². The lowest BCUT2D eigenvalue weighted by molar-refractivity contribution is 0.506. The third kappa shape index (κ3) is 6.47. The second kappa shape index (κ2) is 9.96. The molecule has 0 saturated carbocycles. The maximum absolute atomic E-state index is 13.2. The summed E-state index contributed by atoms with van der Waals surface area (Å²) in [6, 6.07) is 4.51. The Balaban J connectivity index is 0.00000312. The minimum Gasteiger partial charge on any atom is -0.356 e. The van der Waals surface area contributed by atoms with Crippen molar-refractivity contribution in [2.75, 3.05) is 20.1 Å². The van der Waals surface area contributed by atoms with Crippen LogP contribution in [-0.4, -0.2) is 35.6 Å². The standard InChI is InChI=1S/C17H23ClFN5.HI/c1-17(2,14-5-4-13(19)10-15(14)18)11-23-16(20-3)22-7-9-24-8-6-21-12-24;/h4-6,8,10,12H,7,9,11H2,1-3H3,(H2,20,22,23);1H. The number of aliphatic imine (C=N–C) groups is 1. The van der Waals surface area contributed by atoms with Gasteiger partial charge in [0.1, 0.15) is 5.82 Å². The van der Waals surface area contributed by atoms with Crippen LogP contribution in [0.2, 0.25) is 5.02 Å². The number of hydrogen-bond acceptors (Lipinski definition) is 2. The van der Waals surface area contributed by atoms with E-state index >= 15 is 0 Å². The van der Waals surface area contributed by atoms with Gasteiger partial charge in [0.05, 0.1) is 6.33 Å². The van der Waals surface area contributed by atoms with Gasteiger partial charge in [-0.2, -0.15) is 0 Å². The molecule has 0 aliphatic carbocycles. The normalized spacial score (nSPS) is 11.8. The van der Waals surface area contributed by atoms with E-state index in [4.69, 9.17) is 11.6 Å². The Labute approximate surface area is 170 Å². The average molecular weight is 480 g/mol. The Morgan fingerprint density at radius 3 is 2.72 bits per heavy atom. The van der Waals surface area contributed by atoms with Gasteiger partial charge in [0.15, 0.2) is 5.96 Å². The molecule has 8 heteroatoms. The molecular weight excluding hydrogens is 456 g/mol. The minimum atomic E-state index is -0.329. The van der Waals surface area contributed by atoms with E-state index in [1.54, 1.807) is 25.6 Å². The van der Waals surface area contributed by atoms with Crippen LogP contribution in [0.5, 0.6) is 0 Å². The van der Waals surface area contributed by atoms with Crippen molar-refractivity contribution in [2.45, 2.75) is 25.8 Å². The smallest absolute Gasteiger partial charge is 0.191 e. The van der Waals surface area contributed by atoms with Crippen LogP contribution in [0.25, 0.3) is 0 Å². The summed E-state index contributed by atoms with van der Waals surface area (Å²) in [6.45, 7) is 6.25. The van der Waals surface area contributed by atoms with Crippen LogP contribution in [0.15, 0.2) is 41.9 Å². The third-order valence-corrected chi connectivity index (χ3v) is 4.12. The second-order valence-electron chi connectivity index (χ2n) is 6.16. The van der Waals surface area contributed by atoms with Crippen LogP contribution >= 0.6 is 35.6 Å². The van der Waals surface area contributed by atoms with Gasteiger partial charge in [-0.05, 0) is 17.7 Å². The summed E-state index contributed by atoms with van der Waals surface area (Å²) >= 11 is 6.18. The highest BCUT2D eigenvalue weighted by Crippen LogP contribution is 2.29. The molecule has 0 saturated heterocycles. The largest absolute Gasteiger partial charge is 0.356 e. The molecule has 0 radical (unpaired) electrons. The van der Waals surface area contributed by atoms with Gasteiger partial charge in [0, 0.05) is 49.5 Å². The van der Waals surface area contributed by atoms with Gasteiger partial charge < -0.3 is 15.2 Å². The molecule has 1 aromatic carbocycles. The minimum absolute atomic E-state index is 0. The molecule has 0 spiro atoms. The molecule has 2 rings (SSSR count). The maximum atomic E-state index is 13.2. The van der Waals surface area contributed by atoms with Crippen LogP contribution in [0.3, 0.4) is 0 Å². The monoisotopic (exact) mass is 479 g/mol. The van der Waals surface area contributed by atoms with Crippen LogP contribution < -0.4 is 10.6 Å². The molecule has 5 nitrogen and oxygen atoms in total. The number of halogens is 3. The van der Waals surface area contributed by atoms with Crippen molar-refractivity contribution in [3.63, 3.8) is 0 Å². The fourth-order valence-electron chi connectivity index (χ4n) is 2.38. The van der Waals surface area contributed by atoms with Gasteiger partial charge in [0.2, 0.25) is 0 Å². The summed E-state index contributed by atoms with van der Waals surface area (Å²) < 4.78 is 15.2. The SMILES string of the molecule is CN=C(NCCn1ccnc1)NCC(C)(C)c1ccc(F)cc1Cl.I. The number of hydrogen-bond donors (Lipinski definition) is 2. The number of nitrogens with zero attached hydrogens (tertiary/aromatic N) is 3. The van der Waals surface area contributed by atoms with Crippen molar-refractivity contribution in [1.29, 1.82) is 0 Å². The molecule has 0 aliphatic rings. The number of benzene rings is 1. The van der Waals surface area contributed by atoms with Crippen molar-refractivity contribution in [2.24, 2.45) is 4.99 Å².